The zero-order valence-electron chi connectivity index (χ0n) is 12.9. The standard InChI is InChI=1S/C15H24N2O3S/c1-4-21(19,20)15-8-6-5-7-14(15)17-11-13(18)9-12(17)10-16(2)3/h5-8,12-13,18H,4,9-11H2,1-3H3. The molecule has 0 bridgehead atoms. The van der Waals surface area contributed by atoms with Gasteiger partial charge < -0.3 is 14.9 Å². The average molecular weight is 312 g/mol. The Bertz CT molecular complexity index is 586. The normalized spacial score (nSPS) is 23.0. The van der Waals surface area contributed by atoms with Gasteiger partial charge in [-0.2, -0.15) is 0 Å². The molecule has 2 unspecified atom stereocenters. The molecule has 1 aliphatic heterocycles. The van der Waals surface area contributed by atoms with Gasteiger partial charge in [0.2, 0.25) is 0 Å². The van der Waals surface area contributed by atoms with Gasteiger partial charge >= 0.3 is 0 Å². The van der Waals surface area contributed by atoms with Gasteiger partial charge in [-0.3, -0.25) is 0 Å². The van der Waals surface area contributed by atoms with Gasteiger partial charge in [-0.15, -0.1) is 0 Å². The van der Waals surface area contributed by atoms with Gasteiger partial charge in [0.1, 0.15) is 0 Å². The zero-order chi connectivity index (χ0) is 15.6. The lowest BCUT2D eigenvalue weighted by molar-refractivity contribution is 0.191. The predicted octanol–water partition coefficient (Wildman–Crippen LogP) is 0.981. The van der Waals surface area contributed by atoms with Crippen molar-refractivity contribution < 1.29 is 13.5 Å². The number of nitrogens with zero attached hydrogens (tertiary/aromatic N) is 2. The molecule has 0 aromatic heterocycles. The third kappa shape index (κ3) is 3.56. The maximum Gasteiger partial charge on any atom is 0.180 e. The third-order valence-corrected chi connectivity index (χ3v) is 5.63. The molecular weight excluding hydrogens is 288 g/mol. The highest BCUT2D eigenvalue weighted by Crippen LogP contribution is 2.32. The Morgan fingerprint density at radius 3 is 2.62 bits per heavy atom. The Labute approximate surface area is 127 Å². The average Bonchev–Trinajstić information content (AvgIpc) is 2.78. The van der Waals surface area contributed by atoms with Gasteiger partial charge in [0.05, 0.1) is 22.4 Å². The Morgan fingerprint density at radius 1 is 1.33 bits per heavy atom. The van der Waals surface area contributed by atoms with Gasteiger partial charge in [-0.25, -0.2) is 8.42 Å². The summed E-state index contributed by atoms with van der Waals surface area (Å²) >= 11 is 0. The highest BCUT2D eigenvalue weighted by molar-refractivity contribution is 7.91. The Balaban J connectivity index is 2.41. The molecule has 0 amide bonds. The van der Waals surface area contributed by atoms with Crippen LogP contribution in [0, 0.1) is 0 Å². The van der Waals surface area contributed by atoms with Crippen LogP contribution in [0.4, 0.5) is 5.69 Å². The first kappa shape index (κ1) is 16.3. The van der Waals surface area contributed by atoms with Crippen LogP contribution in [0.5, 0.6) is 0 Å². The highest BCUT2D eigenvalue weighted by Gasteiger charge is 2.33. The Kier molecular flexibility index (Phi) is 4.91. The number of benzene rings is 1. The van der Waals surface area contributed by atoms with Crippen LogP contribution in [-0.2, 0) is 9.84 Å². The molecule has 1 heterocycles. The highest BCUT2D eigenvalue weighted by atomic mass is 32.2. The molecule has 1 saturated heterocycles. The molecule has 6 heteroatoms. The Morgan fingerprint density at radius 2 is 2.00 bits per heavy atom. The summed E-state index contributed by atoms with van der Waals surface area (Å²) in [5.74, 6) is 0.0821. The molecule has 2 rings (SSSR count). The maximum absolute atomic E-state index is 12.3. The fraction of sp³-hybridized carbons (Fsp3) is 0.600. The quantitative estimate of drug-likeness (QED) is 0.878. The van der Waals surface area contributed by atoms with E-state index in [4.69, 9.17) is 0 Å². The summed E-state index contributed by atoms with van der Waals surface area (Å²) < 4.78 is 24.6. The van der Waals surface area contributed by atoms with Crippen LogP contribution >= 0.6 is 0 Å². The first-order valence-electron chi connectivity index (χ1n) is 7.26. The number of β-amino-alcohol motifs (C(OH)–C–C–N with tert-alkyl or cyclic N) is 1. The molecule has 21 heavy (non-hydrogen) atoms. The minimum atomic E-state index is -3.27. The fourth-order valence-corrected chi connectivity index (χ4v) is 4.00. The minimum Gasteiger partial charge on any atom is -0.391 e. The molecule has 0 radical (unpaired) electrons. The lowest BCUT2D eigenvalue weighted by Crippen LogP contribution is -2.38. The van der Waals surface area contributed by atoms with Crippen LogP contribution in [0.3, 0.4) is 0 Å². The van der Waals surface area contributed by atoms with Crippen molar-refractivity contribution in [3.8, 4) is 0 Å². The van der Waals surface area contributed by atoms with Crippen molar-refractivity contribution in [2.75, 3.05) is 37.8 Å². The van der Waals surface area contributed by atoms with Gasteiger partial charge in [0.25, 0.3) is 0 Å². The number of hydrogen-bond donors (Lipinski definition) is 1. The van der Waals surface area contributed by atoms with E-state index >= 15 is 0 Å². The van der Waals surface area contributed by atoms with E-state index in [-0.39, 0.29) is 11.8 Å². The van der Waals surface area contributed by atoms with E-state index in [0.717, 1.165) is 6.54 Å². The fourth-order valence-electron chi connectivity index (χ4n) is 2.89. The topological polar surface area (TPSA) is 60.9 Å². The van der Waals surface area contributed by atoms with Crippen LogP contribution in [0.15, 0.2) is 29.2 Å². The Hall–Kier alpha value is -1.11. The summed E-state index contributed by atoms with van der Waals surface area (Å²) in [4.78, 5) is 4.46. The molecule has 5 nitrogen and oxygen atoms in total. The molecule has 1 aromatic carbocycles. The van der Waals surface area contributed by atoms with Gasteiger partial charge in [-0.05, 0) is 32.6 Å². The van der Waals surface area contributed by atoms with E-state index in [1.807, 2.05) is 31.1 Å². The second-order valence-corrected chi connectivity index (χ2v) is 8.08. The molecule has 0 saturated carbocycles. The van der Waals surface area contributed by atoms with Gasteiger partial charge in [0.15, 0.2) is 9.84 Å². The van der Waals surface area contributed by atoms with E-state index in [1.54, 1.807) is 19.1 Å². The van der Waals surface area contributed by atoms with Crippen molar-refractivity contribution >= 4 is 15.5 Å². The van der Waals surface area contributed by atoms with Crippen LogP contribution < -0.4 is 4.90 Å². The van der Waals surface area contributed by atoms with Crippen molar-refractivity contribution in [1.82, 2.24) is 4.90 Å². The van der Waals surface area contributed by atoms with Crippen molar-refractivity contribution in [2.45, 2.75) is 30.4 Å². The molecule has 1 N–H and O–H groups in total. The zero-order valence-corrected chi connectivity index (χ0v) is 13.7. The summed E-state index contributed by atoms with van der Waals surface area (Å²) in [6.45, 7) is 2.93. The van der Waals surface area contributed by atoms with E-state index in [1.165, 1.54) is 0 Å². The lowest BCUT2D eigenvalue weighted by atomic mass is 10.2. The van der Waals surface area contributed by atoms with Gasteiger partial charge in [-0.1, -0.05) is 19.1 Å². The first-order valence-corrected chi connectivity index (χ1v) is 8.91. The number of sulfone groups is 1. The molecular formula is C15H24N2O3S. The lowest BCUT2D eigenvalue weighted by Gasteiger charge is -2.30. The van der Waals surface area contributed by atoms with Crippen LogP contribution in [-0.4, -0.2) is 63.5 Å². The number of aliphatic hydroxyl groups is 1. The first-order chi connectivity index (χ1) is 9.85. The number of hydrogen-bond acceptors (Lipinski definition) is 5. The van der Waals surface area contributed by atoms with E-state index < -0.39 is 15.9 Å². The summed E-state index contributed by atoms with van der Waals surface area (Å²) in [7, 11) is 0.695. The number of para-hydroxylation sites is 1. The smallest absolute Gasteiger partial charge is 0.180 e. The van der Waals surface area contributed by atoms with E-state index in [2.05, 4.69) is 4.90 Å². The second-order valence-electron chi connectivity index (χ2n) is 5.83. The van der Waals surface area contributed by atoms with Crippen LogP contribution in [0.25, 0.3) is 0 Å². The largest absolute Gasteiger partial charge is 0.391 e. The van der Waals surface area contributed by atoms with Crippen molar-refractivity contribution in [3.05, 3.63) is 24.3 Å². The molecule has 0 spiro atoms. The summed E-state index contributed by atoms with van der Waals surface area (Å²) in [5, 5.41) is 9.99. The minimum absolute atomic E-state index is 0.0821. The van der Waals surface area contributed by atoms with Gasteiger partial charge in [0, 0.05) is 19.1 Å². The number of aliphatic hydroxyl groups excluding tert-OH is 1. The SMILES string of the molecule is CCS(=O)(=O)c1ccccc1N1CC(O)CC1CN(C)C. The van der Waals surface area contributed by atoms with Crippen molar-refractivity contribution in [3.63, 3.8) is 0 Å². The monoisotopic (exact) mass is 312 g/mol. The molecule has 1 fully saturated rings. The van der Waals surface area contributed by atoms with Crippen LogP contribution in [0.2, 0.25) is 0 Å². The summed E-state index contributed by atoms with van der Waals surface area (Å²) in [5.41, 5.74) is 0.711. The summed E-state index contributed by atoms with van der Waals surface area (Å²) in [6.07, 6.45) is 0.255. The summed E-state index contributed by atoms with van der Waals surface area (Å²) in [6, 6.07) is 7.22. The third-order valence-electron chi connectivity index (χ3n) is 3.86. The second kappa shape index (κ2) is 6.34. The molecule has 118 valence electrons. The number of anilines is 1. The van der Waals surface area contributed by atoms with Crippen LogP contribution in [0.1, 0.15) is 13.3 Å². The number of rotatable bonds is 5. The molecule has 1 aromatic rings. The van der Waals surface area contributed by atoms with E-state index in [0.29, 0.717) is 23.5 Å². The maximum atomic E-state index is 12.3. The molecule has 2 atom stereocenters. The molecule has 0 aliphatic carbocycles. The van der Waals surface area contributed by atoms with Crippen molar-refractivity contribution in [1.29, 1.82) is 0 Å². The van der Waals surface area contributed by atoms with E-state index in [9.17, 15) is 13.5 Å². The predicted molar refractivity (Wildman–Crippen MR) is 84.5 cm³/mol. The number of likely N-dealkylation sites (N-methyl/N-ethyl adjacent to an activating group) is 1. The van der Waals surface area contributed by atoms with Crippen molar-refractivity contribution in [2.24, 2.45) is 0 Å². The molecule has 1 aliphatic rings.